The van der Waals surface area contributed by atoms with Gasteiger partial charge in [-0.3, -0.25) is 9.79 Å². The van der Waals surface area contributed by atoms with Crippen LogP contribution in [0.25, 0.3) is 0 Å². The molecule has 1 unspecified atom stereocenters. The highest BCUT2D eigenvalue weighted by Crippen LogP contribution is 2.21. The lowest BCUT2D eigenvalue weighted by Gasteiger charge is -2.29. The third kappa shape index (κ3) is 7.68. The van der Waals surface area contributed by atoms with Crippen LogP contribution in [-0.2, 0) is 9.53 Å². The number of likely N-dealkylation sites (N-methyl/N-ethyl adjacent to an activating group) is 2. The van der Waals surface area contributed by atoms with Gasteiger partial charge in [0.25, 0.3) is 0 Å². The lowest BCUT2D eigenvalue weighted by Crippen LogP contribution is -2.46. The first-order valence-corrected chi connectivity index (χ1v) is 8.51. The Hall–Kier alpha value is -1.30. The molecule has 0 aliphatic carbocycles. The molecule has 0 rings (SSSR count). The second-order valence-electron chi connectivity index (χ2n) is 6.71. The molecule has 0 aromatic carbocycles. The van der Waals surface area contributed by atoms with Crippen molar-refractivity contribution < 1.29 is 9.53 Å². The summed E-state index contributed by atoms with van der Waals surface area (Å²) in [6.45, 7) is 15.5. The molecule has 0 heterocycles. The number of nitrogens with zero attached hydrogens (tertiary/aromatic N) is 3. The Morgan fingerprint density at radius 3 is 2.17 bits per heavy atom. The van der Waals surface area contributed by atoms with Crippen LogP contribution in [0.15, 0.2) is 4.99 Å². The molecule has 0 saturated carbocycles. The normalized spacial score (nSPS) is 13.7. The number of rotatable bonds is 8. The zero-order valence-corrected chi connectivity index (χ0v) is 16.3. The quantitative estimate of drug-likeness (QED) is 0.545. The molecule has 1 N–H and O–H groups in total. The van der Waals surface area contributed by atoms with Crippen LogP contribution in [0.2, 0.25) is 0 Å². The molecule has 136 valence electrons. The summed E-state index contributed by atoms with van der Waals surface area (Å²) < 4.78 is 5.55. The molecule has 23 heavy (non-hydrogen) atoms. The summed E-state index contributed by atoms with van der Waals surface area (Å²) in [6, 6.07) is 0. The number of guanidine groups is 1. The number of methoxy groups -OCH3 is 1. The van der Waals surface area contributed by atoms with Crippen molar-refractivity contribution in [1.82, 2.24) is 15.1 Å². The molecular weight excluding hydrogens is 292 g/mol. The van der Waals surface area contributed by atoms with E-state index < -0.39 is 0 Å². The zero-order valence-electron chi connectivity index (χ0n) is 16.3. The molecule has 0 radical (unpaired) electrons. The van der Waals surface area contributed by atoms with Gasteiger partial charge in [-0.25, -0.2) is 0 Å². The van der Waals surface area contributed by atoms with Gasteiger partial charge in [0.05, 0.1) is 19.2 Å². The Morgan fingerprint density at radius 2 is 1.78 bits per heavy atom. The first-order valence-electron chi connectivity index (χ1n) is 8.51. The molecule has 0 aromatic rings. The molecule has 0 spiro atoms. The summed E-state index contributed by atoms with van der Waals surface area (Å²) in [7, 11) is 3.60. The average Bonchev–Trinajstić information content (AvgIpc) is 2.46. The van der Waals surface area contributed by atoms with Gasteiger partial charge in [0.2, 0.25) is 5.91 Å². The van der Waals surface area contributed by atoms with E-state index in [1.807, 2.05) is 37.6 Å². The van der Waals surface area contributed by atoms with Gasteiger partial charge in [-0.15, -0.1) is 0 Å². The van der Waals surface area contributed by atoms with Crippen LogP contribution in [0.3, 0.4) is 0 Å². The minimum atomic E-state index is 0.0190. The molecular formula is C17H36N4O2. The third-order valence-corrected chi connectivity index (χ3v) is 3.84. The molecule has 0 aliphatic heterocycles. The van der Waals surface area contributed by atoms with Crippen molar-refractivity contribution in [2.75, 3.05) is 46.9 Å². The number of carbonyl (C=O) groups is 1. The van der Waals surface area contributed by atoms with E-state index in [1.54, 1.807) is 7.11 Å². The van der Waals surface area contributed by atoms with Crippen LogP contribution in [0, 0.1) is 5.41 Å². The maximum Gasteiger partial charge on any atom is 0.242 e. The molecule has 0 aliphatic rings. The van der Waals surface area contributed by atoms with E-state index in [0.29, 0.717) is 13.1 Å². The Morgan fingerprint density at radius 1 is 1.22 bits per heavy atom. The van der Waals surface area contributed by atoms with Crippen molar-refractivity contribution in [3.05, 3.63) is 0 Å². The van der Waals surface area contributed by atoms with Gasteiger partial charge >= 0.3 is 0 Å². The highest BCUT2D eigenvalue weighted by Gasteiger charge is 2.24. The maximum absolute atomic E-state index is 12.3. The topological polar surface area (TPSA) is 57.2 Å². The van der Waals surface area contributed by atoms with Crippen LogP contribution < -0.4 is 5.32 Å². The molecule has 6 heteroatoms. The largest absolute Gasteiger partial charge is 0.379 e. The van der Waals surface area contributed by atoms with Crippen molar-refractivity contribution in [3.63, 3.8) is 0 Å². The molecule has 0 bridgehead atoms. The van der Waals surface area contributed by atoms with E-state index in [1.165, 1.54) is 0 Å². The third-order valence-electron chi connectivity index (χ3n) is 3.84. The van der Waals surface area contributed by atoms with E-state index in [9.17, 15) is 4.79 Å². The Kier molecular flexibility index (Phi) is 9.88. The predicted octanol–water partition coefficient (Wildman–Crippen LogP) is 1.81. The van der Waals surface area contributed by atoms with E-state index in [4.69, 9.17) is 4.74 Å². The molecule has 6 nitrogen and oxygen atoms in total. The fraction of sp³-hybridized carbons (Fsp3) is 0.882. The highest BCUT2D eigenvalue weighted by molar-refractivity contribution is 5.86. The van der Waals surface area contributed by atoms with Crippen LogP contribution >= 0.6 is 0 Å². The van der Waals surface area contributed by atoms with Gasteiger partial charge in [0, 0.05) is 33.8 Å². The second-order valence-corrected chi connectivity index (χ2v) is 6.71. The lowest BCUT2D eigenvalue weighted by molar-refractivity contribution is -0.131. The number of hydrogen-bond acceptors (Lipinski definition) is 3. The summed E-state index contributed by atoms with van der Waals surface area (Å²) in [5.41, 5.74) is 0.0190. The molecule has 0 fully saturated rings. The maximum atomic E-state index is 12.3. The van der Waals surface area contributed by atoms with Gasteiger partial charge in [-0.2, -0.15) is 0 Å². The standard InChI is InChI=1S/C17H36N4O2/c1-9-18-16(19-12-14(23-8)17(4,5)6)20(7)13-15(22)21(10-2)11-3/h14H,9-13H2,1-8H3,(H,18,19). The van der Waals surface area contributed by atoms with Crippen molar-refractivity contribution in [3.8, 4) is 0 Å². The lowest BCUT2D eigenvalue weighted by atomic mass is 9.89. The van der Waals surface area contributed by atoms with E-state index >= 15 is 0 Å². The van der Waals surface area contributed by atoms with Gasteiger partial charge in [-0.1, -0.05) is 20.8 Å². The molecule has 1 amide bonds. The Labute approximate surface area is 142 Å². The number of hydrogen-bond donors (Lipinski definition) is 1. The number of carbonyl (C=O) groups excluding carboxylic acids is 1. The monoisotopic (exact) mass is 328 g/mol. The predicted molar refractivity (Wildman–Crippen MR) is 96.8 cm³/mol. The molecule has 0 saturated heterocycles. The van der Waals surface area contributed by atoms with E-state index in [0.717, 1.165) is 25.6 Å². The first-order chi connectivity index (χ1) is 10.7. The number of ether oxygens (including phenoxy) is 1. The fourth-order valence-electron chi connectivity index (χ4n) is 2.30. The second kappa shape index (κ2) is 10.5. The van der Waals surface area contributed by atoms with Crippen LogP contribution in [0.1, 0.15) is 41.5 Å². The smallest absolute Gasteiger partial charge is 0.242 e. The highest BCUT2D eigenvalue weighted by atomic mass is 16.5. The van der Waals surface area contributed by atoms with Crippen molar-refractivity contribution >= 4 is 11.9 Å². The first kappa shape index (κ1) is 21.7. The van der Waals surface area contributed by atoms with Gasteiger partial charge in [-0.05, 0) is 26.2 Å². The van der Waals surface area contributed by atoms with Crippen LogP contribution in [0.5, 0.6) is 0 Å². The Bertz CT molecular complexity index is 373. The zero-order chi connectivity index (χ0) is 18.0. The summed E-state index contributed by atoms with van der Waals surface area (Å²) >= 11 is 0. The van der Waals surface area contributed by atoms with Crippen LogP contribution in [-0.4, -0.2) is 74.7 Å². The number of nitrogens with one attached hydrogen (secondary N) is 1. The van der Waals surface area contributed by atoms with Crippen molar-refractivity contribution in [2.24, 2.45) is 10.4 Å². The van der Waals surface area contributed by atoms with Gasteiger partial charge < -0.3 is 19.9 Å². The summed E-state index contributed by atoms with van der Waals surface area (Å²) in [5, 5.41) is 3.24. The average molecular weight is 329 g/mol. The van der Waals surface area contributed by atoms with E-state index in [-0.39, 0.29) is 17.4 Å². The summed E-state index contributed by atoms with van der Waals surface area (Å²) in [6.07, 6.45) is 0.0306. The van der Waals surface area contributed by atoms with Gasteiger partial charge in [0.15, 0.2) is 5.96 Å². The number of amides is 1. The summed E-state index contributed by atoms with van der Waals surface area (Å²) in [4.78, 5) is 20.6. The van der Waals surface area contributed by atoms with E-state index in [2.05, 4.69) is 31.1 Å². The van der Waals surface area contributed by atoms with Gasteiger partial charge in [0.1, 0.15) is 0 Å². The Balaban J connectivity index is 4.94. The van der Waals surface area contributed by atoms with Crippen molar-refractivity contribution in [1.29, 1.82) is 0 Å². The fourth-order valence-corrected chi connectivity index (χ4v) is 2.30. The summed E-state index contributed by atoms with van der Waals surface area (Å²) in [5.74, 6) is 0.849. The van der Waals surface area contributed by atoms with Crippen molar-refractivity contribution in [2.45, 2.75) is 47.6 Å². The minimum absolute atomic E-state index is 0.0190. The minimum Gasteiger partial charge on any atom is -0.379 e. The molecule has 0 aromatic heterocycles. The molecule has 1 atom stereocenters. The number of aliphatic imine (C=N–C) groups is 1. The SMILES string of the molecule is CCNC(=NCC(OC)C(C)(C)C)N(C)CC(=O)N(CC)CC. The van der Waals surface area contributed by atoms with Crippen LogP contribution in [0.4, 0.5) is 0 Å².